The van der Waals surface area contributed by atoms with Crippen LogP contribution in [-0.4, -0.2) is 14.6 Å². The van der Waals surface area contributed by atoms with Gasteiger partial charge in [-0.3, -0.25) is 4.40 Å². The highest BCUT2D eigenvalue weighted by Gasteiger charge is 2.12. The van der Waals surface area contributed by atoms with Crippen LogP contribution in [0.4, 0.5) is 4.39 Å². The second-order valence-corrected chi connectivity index (χ2v) is 4.72. The van der Waals surface area contributed by atoms with Crippen molar-refractivity contribution in [1.82, 2.24) is 19.9 Å². The number of halogens is 1. The van der Waals surface area contributed by atoms with E-state index in [1.54, 1.807) is 6.07 Å². The first-order valence-electron chi connectivity index (χ1n) is 6.51. The minimum Gasteiger partial charge on any atom is -0.303 e. The maximum Gasteiger partial charge on any atom is 0.160 e. The molecule has 4 nitrogen and oxygen atoms in total. The molecule has 0 saturated carbocycles. The molecule has 0 fully saturated rings. The van der Waals surface area contributed by atoms with Crippen LogP contribution in [0.2, 0.25) is 0 Å². The molecule has 0 aliphatic carbocycles. The van der Waals surface area contributed by atoms with E-state index >= 15 is 0 Å². The van der Waals surface area contributed by atoms with Crippen LogP contribution in [0.25, 0.3) is 5.65 Å². The minimum absolute atomic E-state index is 0.0238. The lowest BCUT2D eigenvalue weighted by molar-refractivity contribution is 0.539. The zero-order valence-corrected chi connectivity index (χ0v) is 11.1. The third kappa shape index (κ3) is 2.53. The molecule has 3 aromatic rings. The maximum atomic E-state index is 13.1. The summed E-state index contributed by atoms with van der Waals surface area (Å²) in [7, 11) is 0. The van der Waals surface area contributed by atoms with E-state index < -0.39 is 0 Å². The van der Waals surface area contributed by atoms with Gasteiger partial charge in [-0.25, -0.2) is 4.39 Å². The van der Waals surface area contributed by atoms with Crippen molar-refractivity contribution in [1.29, 1.82) is 0 Å². The summed E-state index contributed by atoms with van der Waals surface area (Å²) in [6.07, 6.45) is 1.94. The zero-order chi connectivity index (χ0) is 13.9. The van der Waals surface area contributed by atoms with Crippen molar-refractivity contribution in [2.45, 2.75) is 19.5 Å². The van der Waals surface area contributed by atoms with E-state index in [0.717, 1.165) is 17.0 Å². The molecule has 2 heterocycles. The van der Waals surface area contributed by atoms with Crippen molar-refractivity contribution in [3.05, 3.63) is 65.9 Å². The predicted molar refractivity (Wildman–Crippen MR) is 74.6 cm³/mol. The van der Waals surface area contributed by atoms with Gasteiger partial charge >= 0.3 is 0 Å². The summed E-state index contributed by atoms with van der Waals surface area (Å²) in [5.74, 6) is 0.627. The molecular weight excluding hydrogens is 255 g/mol. The largest absolute Gasteiger partial charge is 0.303 e. The van der Waals surface area contributed by atoms with E-state index in [2.05, 4.69) is 15.5 Å². The number of aromatic nitrogens is 3. The number of nitrogens with zero attached hydrogens (tertiary/aromatic N) is 3. The van der Waals surface area contributed by atoms with Crippen LogP contribution in [-0.2, 0) is 6.54 Å². The van der Waals surface area contributed by atoms with E-state index in [4.69, 9.17) is 0 Å². The Hall–Kier alpha value is -2.27. The Kier molecular flexibility index (Phi) is 3.43. The van der Waals surface area contributed by atoms with Crippen LogP contribution in [0.5, 0.6) is 0 Å². The Morgan fingerprint density at radius 3 is 2.95 bits per heavy atom. The van der Waals surface area contributed by atoms with Gasteiger partial charge in [0.15, 0.2) is 11.5 Å². The number of hydrogen-bond acceptors (Lipinski definition) is 3. The number of fused-ring (bicyclic) bond motifs is 1. The Labute approximate surface area is 116 Å². The summed E-state index contributed by atoms with van der Waals surface area (Å²) in [5.41, 5.74) is 1.73. The lowest BCUT2D eigenvalue weighted by Crippen LogP contribution is -2.20. The first-order valence-corrected chi connectivity index (χ1v) is 6.51. The highest BCUT2D eigenvalue weighted by Crippen LogP contribution is 2.13. The molecule has 1 aromatic carbocycles. The van der Waals surface area contributed by atoms with E-state index in [1.807, 2.05) is 41.8 Å². The Balaban J connectivity index is 1.75. The van der Waals surface area contributed by atoms with Crippen molar-refractivity contribution in [2.75, 3.05) is 0 Å². The second-order valence-electron chi connectivity index (χ2n) is 4.72. The lowest BCUT2D eigenvalue weighted by Gasteiger charge is -2.12. The van der Waals surface area contributed by atoms with Crippen molar-refractivity contribution in [3.63, 3.8) is 0 Å². The Morgan fingerprint density at radius 2 is 2.10 bits per heavy atom. The fraction of sp³-hybridized carbons (Fsp3) is 0.200. The monoisotopic (exact) mass is 270 g/mol. The molecule has 0 aliphatic rings. The molecule has 1 atom stereocenters. The van der Waals surface area contributed by atoms with Crippen molar-refractivity contribution in [2.24, 2.45) is 0 Å². The predicted octanol–water partition coefficient (Wildman–Crippen LogP) is 2.72. The van der Waals surface area contributed by atoms with Crippen LogP contribution in [0.15, 0.2) is 48.7 Å². The second kappa shape index (κ2) is 5.38. The molecule has 1 N–H and O–H groups in total. The average molecular weight is 270 g/mol. The number of pyridine rings is 1. The van der Waals surface area contributed by atoms with Gasteiger partial charge in [-0.05, 0) is 36.8 Å². The lowest BCUT2D eigenvalue weighted by atomic mass is 10.2. The highest BCUT2D eigenvalue weighted by atomic mass is 19.1. The molecule has 3 rings (SSSR count). The quantitative estimate of drug-likeness (QED) is 0.792. The van der Waals surface area contributed by atoms with Crippen LogP contribution >= 0.6 is 0 Å². The molecule has 102 valence electrons. The topological polar surface area (TPSA) is 42.2 Å². The van der Waals surface area contributed by atoms with E-state index in [9.17, 15) is 4.39 Å². The molecule has 0 spiro atoms. The van der Waals surface area contributed by atoms with Gasteiger partial charge in [0.2, 0.25) is 0 Å². The maximum absolute atomic E-state index is 13.1. The number of benzene rings is 1. The molecule has 1 unspecified atom stereocenters. The molecule has 20 heavy (non-hydrogen) atoms. The molecule has 2 aromatic heterocycles. The molecule has 0 aliphatic heterocycles. The fourth-order valence-electron chi connectivity index (χ4n) is 2.16. The van der Waals surface area contributed by atoms with Gasteiger partial charge in [0.05, 0.1) is 6.04 Å². The first kappa shape index (κ1) is 12.7. The van der Waals surface area contributed by atoms with Gasteiger partial charge < -0.3 is 5.32 Å². The summed E-state index contributed by atoms with van der Waals surface area (Å²) < 4.78 is 15.1. The summed E-state index contributed by atoms with van der Waals surface area (Å²) >= 11 is 0. The fourth-order valence-corrected chi connectivity index (χ4v) is 2.16. The Morgan fingerprint density at radius 1 is 1.20 bits per heavy atom. The Bertz CT molecular complexity index is 722. The zero-order valence-electron chi connectivity index (χ0n) is 11.1. The molecule has 5 heteroatoms. The van der Waals surface area contributed by atoms with Crippen LogP contribution in [0.1, 0.15) is 24.4 Å². The smallest absolute Gasteiger partial charge is 0.160 e. The first-order chi connectivity index (χ1) is 9.74. The standard InChI is InChI=1S/C15H15FN4/c1-11(17-10-12-5-4-6-13(16)9-12)15-19-18-14-7-2-3-8-20(14)15/h2-9,11,17H,10H2,1H3. The SMILES string of the molecule is CC(NCc1cccc(F)c1)c1nnc2ccccn12. The minimum atomic E-state index is -0.218. The average Bonchev–Trinajstić information content (AvgIpc) is 2.89. The molecule has 0 radical (unpaired) electrons. The van der Waals surface area contributed by atoms with Gasteiger partial charge in [0, 0.05) is 12.7 Å². The van der Waals surface area contributed by atoms with Gasteiger partial charge in [0.1, 0.15) is 5.82 Å². The van der Waals surface area contributed by atoms with Crippen molar-refractivity contribution in [3.8, 4) is 0 Å². The van der Waals surface area contributed by atoms with Crippen molar-refractivity contribution < 1.29 is 4.39 Å². The van der Waals surface area contributed by atoms with Gasteiger partial charge in [-0.15, -0.1) is 10.2 Å². The van der Waals surface area contributed by atoms with Crippen molar-refractivity contribution >= 4 is 5.65 Å². The molecule has 0 bridgehead atoms. The summed E-state index contributed by atoms with van der Waals surface area (Å²) in [6.45, 7) is 2.60. The third-order valence-electron chi connectivity index (χ3n) is 3.23. The van der Waals surface area contributed by atoms with Crippen LogP contribution in [0.3, 0.4) is 0 Å². The van der Waals surface area contributed by atoms with E-state index in [1.165, 1.54) is 12.1 Å². The van der Waals surface area contributed by atoms with E-state index in [-0.39, 0.29) is 11.9 Å². The molecule has 0 amide bonds. The van der Waals surface area contributed by atoms with E-state index in [0.29, 0.717) is 6.54 Å². The number of rotatable bonds is 4. The van der Waals surface area contributed by atoms with Gasteiger partial charge in [-0.1, -0.05) is 18.2 Å². The van der Waals surface area contributed by atoms with Crippen LogP contribution in [0, 0.1) is 5.82 Å². The molecular formula is C15H15FN4. The molecule has 0 saturated heterocycles. The summed E-state index contributed by atoms with van der Waals surface area (Å²) in [6, 6.07) is 12.4. The number of hydrogen-bond donors (Lipinski definition) is 1. The normalized spacial score (nSPS) is 12.7. The van der Waals surface area contributed by atoms with Crippen LogP contribution < -0.4 is 5.32 Å². The summed E-state index contributed by atoms with van der Waals surface area (Å²) in [4.78, 5) is 0. The summed E-state index contributed by atoms with van der Waals surface area (Å²) in [5, 5.41) is 11.7. The van der Waals surface area contributed by atoms with Gasteiger partial charge in [0.25, 0.3) is 0 Å². The van der Waals surface area contributed by atoms with Gasteiger partial charge in [-0.2, -0.15) is 0 Å². The number of nitrogens with one attached hydrogen (secondary N) is 1. The third-order valence-corrected chi connectivity index (χ3v) is 3.23. The highest BCUT2D eigenvalue weighted by molar-refractivity contribution is 5.37.